The van der Waals surface area contributed by atoms with Crippen molar-refractivity contribution < 1.29 is 14.7 Å². The smallest absolute Gasteiger partial charge is 0.352 e. The highest BCUT2D eigenvalue weighted by Gasteiger charge is 2.19. The standard InChI is InChI=1S/C18H23N3O3/c1-2-5-16(22)19-11-14-13-10-12(21-8-3-4-9-21)6-7-15(13)20-17(14)18(23)24/h6-7,10,20H,2-5,8-9,11H2,1H3,(H,19,22)(H,23,24). The van der Waals surface area contributed by atoms with Gasteiger partial charge in [-0.05, 0) is 37.5 Å². The summed E-state index contributed by atoms with van der Waals surface area (Å²) in [4.78, 5) is 28.6. The van der Waals surface area contributed by atoms with Crippen molar-refractivity contribution >= 4 is 28.5 Å². The van der Waals surface area contributed by atoms with Crippen LogP contribution in [0, 0.1) is 0 Å². The molecule has 0 aliphatic carbocycles. The van der Waals surface area contributed by atoms with E-state index in [2.05, 4.69) is 15.2 Å². The predicted molar refractivity (Wildman–Crippen MR) is 93.5 cm³/mol. The van der Waals surface area contributed by atoms with Crippen LogP contribution in [-0.2, 0) is 11.3 Å². The highest BCUT2D eigenvalue weighted by molar-refractivity contribution is 5.98. The Balaban J connectivity index is 1.95. The number of benzene rings is 1. The SMILES string of the molecule is CCCC(=O)NCc1c(C(=O)O)[nH]c2ccc(N3CCCC3)cc12. The molecular weight excluding hydrogens is 306 g/mol. The Bertz CT molecular complexity index is 760. The van der Waals surface area contributed by atoms with E-state index in [9.17, 15) is 14.7 Å². The summed E-state index contributed by atoms with van der Waals surface area (Å²) in [7, 11) is 0. The summed E-state index contributed by atoms with van der Waals surface area (Å²) in [5.74, 6) is -1.06. The molecule has 2 heterocycles. The van der Waals surface area contributed by atoms with E-state index in [1.165, 1.54) is 12.8 Å². The van der Waals surface area contributed by atoms with Crippen molar-refractivity contribution in [2.45, 2.75) is 39.2 Å². The van der Waals surface area contributed by atoms with Gasteiger partial charge < -0.3 is 20.3 Å². The Morgan fingerprint density at radius 2 is 2.04 bits per heavy atom. The Morgan fingerprint density at radius 1 is 1.29 bits per heavy atom. The quantitative estimate of drug-likeness (QED) is 0.761. The molecule has 24 heavy (non-hydrogen) atoms. The predicted octanol–water partition coefficient (Wildman–Crippen LogP) is 2.88. The maximum absolute atomic E-state index is 11.8. The summed E-state index contributed by atoms with van der Waals surface area (Å²) in [6.07, 6.45) is 3.59. The van der Waals surface area contributed by atoms with Crippen molar-refractivity contribution in [1.29, 1.82) is 0 Å². The van der Waals surface area contributed by atoms with Crippen LogP contribution in [0.3, 0.4) is 0 Å². The molecule has 1 aliphatic rings. The number of carbonyl (C=O) groups is 2. The number of hydrogen-bond donors (Lipinski definition) is 3. The van der Waals surface area contributed by atoms with Gasteiger partial charge in [0.2, 0.25) is 5.91 Å². The molecule has 0 spiro atoms. The van der Waals surface area contributed by atoms with Gasteiger partial charge in [-0.1, -0.05) is 6.92 Å². The van der Waals surface area contributed by atoms with E-state index in [4.69, 9.17) is 0 Å². The molecule has 1 aliphatic heterocycles. The Morgan fingerprint density at radius 3 is 2.71 bits per heavy atom. The number of H-pyrrole nitrogens is 1. The van der Waals surface area contributed by atoms with E-state index in [1.54, 1.807) is 0 Å². The maximum atomic E-state index is 11.8. The number of rotatable bonds is 6. The number of carbonyl (C=O) groups excluding carboxylic acids is 1. The number of nitrogens with one attached hydrogen (secondary N) is 2. The minimum Gasteiger partial charge on any atom is -0.477 e. The normalized spacial score (nSPS) is 14.3. The minimum atomic E-state index is -1.01. The van der Waals surface area contributed by atoms with Gasteiger partial charge in [0.05, 0.1) is 0 Å². The number of aromatic amines is 1. The van der Waals surface area contributed by atoms with Gasteiger partial charge in [0, 0.05) is 48.2 Å². The van der Waals surface area contributed by atoms with Gasteiger partial charge in [-0.15, -0.1) is 0 Å². The molecule has 3 rings (SSSR count). The third-order valence-electron chi connectivity index (χ3n) is 4.51. The molecule has 0 radical (unpaired) electrons. The number of nitrogens with zero attached hydrogens (tertiary/aromatic N) is 1. The number of hydrogen-bond acceptors (Lipinski definition) is 3. The fourth-order valence-electron chi connectivity index (χ4n) is 3.28. The molecule has 1 amide bonds. The number of carboxylic acid groups (broad SMARTS) is 1. The molecular formula is C18H23N3O3. The van der Waals surface area contributed by atoms with E-state index >= 15 is 0 Å². The van der Waals surface area contributed by atoms with E-state index in [0.717, 1.165) is 36.1 Å². The molecule has 6 nitrogen and oxygen atoms in total. The van der Waals surface area contributed by atoms with Gasteiger partial charge in [0.25, 0.3) is 0 Å². The lowest BCUT2D eigenvalue weighted by Gasteiger charge is -2.17. The van der Waals surface area contributed by atoms with Crippen LogP contribution in [0.4, 0.5) is 5.69 Å². The van der Waals surface area contributed by atoms with Crippen molar-refractivity contribution in [1.82, 2.24) is 10.3 Å². The lowest BCUT2D eigenvalue weighted by atomic mass is 10.1. The number of fused-ring (bicyclic) bond motifs is 1. The molecule has 1 aromatic heterocycles. The van der Waals surface area contributed by atoms with Crippen LogP contribution >= 0.6 is 0 Å². The average molecular weight is 329 g/mol. The largest absolute Gasteiger partial charge is 0.477 e. The first kappa shape index (κ1) is 16.4. The van der Waals surface area contributed by atoms with Crippen molar-refractivity contribution in [2.75, 3.05) is 18.0 Å². The Kier molecular flexibility index (Phi) is 4.74. The fraction of sp³-hybridized carbons (Fsp3) is 0.444. The second-order valence-electron chi connectivity index (χ2n) is 6.23. The number of aromatic nitrogens is 1. The monoisotopic (exact) mass is 329 g/mol. The van der Waals surface area contributed by atoms with Crippen molar-refractivity contribution in [3.05, 3.63) is 29.5 Å². The maximum Gasteiger partial charge on any atom is 0.352 e. The topological polar surface area (TPSA) is 85.4 Å². The van der Waals surface area contributed by atoms with Crippen LogP contribution < -0.4 is 10.2 Å². The molecule has 3 N–H and O–H groups in total. The van der Waals surface area contributed by atoms with Crippen LogP contribution in [0.15, 0.2) is 18.2 Å². The molecule has 0 saturated carbocycles. The van der Waals surface area contributed by atoms with Gasteiger partial charge in [-0.2, -0.15) is 0 Å². The highest BCUT2D eigenvalue weighted by Crippen LogP contribution is 2.29. The zero-order chi connectivity index (χ0) is 17.1. The van der Waals surface area contributed by atoms with Crippen molar-refractivity contribution in [3.8, 4) is 0 Å². The molecule has 1 fully saturated rings. The summed E-state index contributed by atoms with van der Waals surface area (Å²) in [5, 5.41) is 13.2. The third kappa shape index (κ3) is 3.22. The number of carboxylic acids is 1. The van der Waals surface area contributed by atoms with Gasteiger partial charge in [0.1, 0.15) is 5.69 Å². The highest BCUT2D eigenvalue weighted by atomic mass is 16.4. The molecule has 6 heteroatoms. The number of amides is 1. The molecule has 0 atom stereocenters. The molecule has 2 aromatic rings. The molecule has 1 aromatic carbocycles. The minimum absolute atomic E-state index is 0.0566. The van der Waals surface area contributed by atoms with E-state index < -0.39 is 5.97 Å². The first-order chi connectivity index (χ1) is 11.6. The zero-order valence-electron chi connectivity index (χ0n) is 13.9. The molecule has 0 bridgehead atoms. The van der Waals surface area contributed by atoms with Crippen LogP contribution in [0.5, 0.6) is 0 Å². The van der Waals surface area contributed by atoms with Crippen LogP contribution in [0.25, 0.3) is 10.9 Å². The summed E-state index contributed by atoms with van der Waals surface area (Å²) >= 11 is 0. The van der Waals surface area contributed by atoms with E-state index in [-0.39, 0.29) is 18.1 Å². The van der Waals surface area contributed by atoms with Crippen molar-refractivity contribution in [2.24, 2.45) is 0 Å². The first-order valence-electron chi connectivity index (χ1n) is 8.49. The number of aromatic carboxylic acids is 1. The summed E-state index contributed by atoms with van der Waals surface area (Å²) in [6.45, 7) is 4.23. The van der Waals surface area contributed by atoms with Gasteiger partial charge in [-0.3, -0.25) is 4.79 Å². The zero-order valence-corrected chi connectivity index (χ0v) is 13.9. The van der Waals surface area contributed by atoms with Gasteiger partial charge in [-0.25, -0.2) is 4.79 Å². The molecule has 1 saturated heterocycles. The Hall–Kier alpha value is -2.50. The lowest BCUT2D eigenvalue weighted by Crippen LogP contribution is -2.23. The van der Waals surface area contributed by atoms with Crippen molar-refractivity contribution in [3.63, 3.8) is 0 Å². The molecule has 0 unspecified atom stereocenters. The summed E-state index contributed by atoms with van der Waals surface area (Å²) in [6, 6.07) is 5.98. The second kappa shape index (κ2) is 6.95. The number of anilines is 1. The van der Waals surface area contributed by atoms with Gasteiger partial charge >= 0.3 is 5.97 Å². The van der Waals surface area contributed by atoms with Crippen LogP contribution in [0.1, 0.15) is 48.7 Å². The average Bonchev–Trinajstić information content (AvgIpc) is 3.20. The third-order valence-corrected chi connectivity index (χ3v) is 4.51. The lowest BCUT2D eigenvalue weighted by molar-refractivity contribution is -0.121. The van der Waals surface area contributed by atoms with E-state index in [1.807, 2.05) is 25.1 Å². The molecule has 128 valence electrons. The Labute approximate surface area is 140 Å². The second-order valence-corrected chi connectivity index (χ2v) is 6.23. The van der Waals surface area contributed by atoms with Crippen LogP contribution in [0.2, 0.25) is 0 Å². The first-order valence-corrected chi connectivity index (χ1v) is 8.49. The van der Waals surface area contributed by atoms with E-state index in [0.29, 0.717) is 12.0 Å². The van der Waals surface area contributed by atoms with Crippen LogP contribution in [-0.4, -0.2) is 35.1 Å². The fourth-order valence-corrected chi connectivity index (χ4v) is 3.28. The van der Waals surface area contributed by atoms with Gasteiger partial charge in [0.15, 0.2) is 0 Å². The summed E-state index contributed by atoms with van der Waals surface area (Å²) < 4.78 is 0. The summed E-state index contributed by atoms with van der Waals surface area (Å²) in [5.41, 5.74) is 2.69.